The van der Waals surface area contributed by atoms with Crippen LogP contribution < -0.4 is 10.4 Å². The van der Waals surface area contributed by atoms with Crippen LogP contribution in [0.25, 0.3) is 0 Å². The molecule has 0 bridgehead atoms. The second-order valence-corrected chi connectivity index (χ2v) is 8.33. The molecule has 2 amide bonds. The van der Waals surface area contributed by atoms with Crippen LogP contribution in [0, 0.1) is 6.92 Å². The number of carbonyl (C=O) groups is 2. The van der Waals surface area contributed by atoms with Gasteiger partial charge >= 0.3 is 0 Å². The van der Waals surface area contributed by atoms with Gasteiger partial charge in [-0.2, -0.15) is 5.06 Å². The lowest BCUT2D eigenvalue weighted by Crippen LogP contribution is -2.43. The van der Waals surface area contributed by atoms with Crippen LogP contribution in [-0.4, -0.2) is 60.0 Å². The topological polar surface area (TPSA) is 89.3 Å². The van der Waals surface area contributed by atoms with E-state index in [1.54, 1.807) is 43.3 Å². The molecule has 1 aromatic heterocycles. The predicted octanol–water partition coefficient (Wildman–Crippen LogP) is 3.62. The van der Waals surface area contributed by atoms with Crippen LogP contribution >= 0.6 is 0 Å². The zero-order valence-corrected chi connectivity index (χ0v) is 18.8. The van der Waals surface area contributed by atoms with E-state index in [-0.39, 0.29) is 5.76 Å². The Morgan fingerprint density at radius 1 is 1.06 bits per heavy atom. The highest BCUT2D eigenvalue weighted by atomic mass is 16.5. The fourth-order valence-electron chi connectivity index (χ4n) is 3.81. The molecule has 1 aliphatic rings. The fraction of sp³-hybridized carbons (Fsp3) is 0.280. The van der Waals surface area contributed by atoms with Gasteiger partial charge in [0.2, 0.25) is 0 Å². The van der Waals surface area contributed by atoms with Crippen LogP contribution in [0.2, 0.25) is 0 Å². The van der Waals surface area contributed by atoms with Gasteiger partial charge in [-0.3, -0.25) is 19.7 Å². The molecule has 2 heterocycles. The summed E-state index contributed by atoms with van der Waals surface area (Å²) in [5.74, 6) is -0.777. The Kier molecular flexibility index (Phi) is 6.88. The third-order valence-corrected chi connectivity index (χ3v) is 5.81. The van der Waals surface area contributed by atoms with Gasteiger partial charge in [0.15, 0.2) is 5.76 Å². The number of likely N-dealkylation sites (N-methyl/N-ethyl adjacent to an activating group) is 1. The molecule has 0 unspecified atom stereocenters. The van der Waals surface area contributed by atoms with E-state index < -0.39 is 11.8 Å². The molecule has 2 N–H and O–H groups in total. The zero-order chi connectivity index (χ0) is 23.4. The molecule has 8 nitrogen and oxygen atoms in total. The summed E-state index contributed by atoms with van der Waals surface area (Å²) in [6.45, 7) is 6.55. The average molecular weight is 449 g/mol. The first-order chi connectivity index (χ1) is 15.9. The Morgan fingerprint density at radius 2 is 1.85 bits per heavy atom. The van der Waals surface area contributed by atoms with Crippen LogP contribution in [0.3, 0.4) is 0 Å². The van der Waals surface area contributed by atoms with Crippen LogP contribution in [0.1, 0.15) is 32.0 Å². The summed E-state index contributed by atoms with van der Waals surface area (Å²) in [5.41, 5.74) is 2.84. The summed E-state index contributed by atoms with van der Waals surface area (Å²) >= 11 is 0. The maximum Gasteiger partial charge on any atom is 0.291 e. The van der Waals surface area contributed by atoms with Gasteiger partial charge in [0, 0.05) is 44.0 Å². The van der Waals surface area contributed by atoms with Gasteiger partial charge in [0.05, 0.1) is 12.0 Å². The predicted molar refractivity (Wildman–Crippen MR) is 126 cm³/mol. The number of hydrogen-bond donors (Lipinski definition) is 2. The quantitative estimate of drug-likeness (QED) is 0.442. The van der Waals surface area contributed by atoms with Crippen molar-refractivity contribution in [3.8, 4) is 0 Å². The highest BCUT2D eigenvalue weighted by Gasteiger charge is 2.20. The Hall–Kier alpha value is -3.46. The summed E-state index contributed by atoms with van der Waals surface area (Å²) in [6, 6.07) is 15.5. The van der Waals surface area contributed by atoms with E-state index in [4.69, 9.17) is 4.42 Å². The van der Waals surface area contributed by atoms with E-state index in [1.807, 2.05) is 18.2 Å². The monoisotopic (exact) mass is 448 g/mol. The first-order valence-electron chi connectivity index (χ1n) is 10.9. The second kappa shape index (κ2) is 9.99. The number of piperazine rings is 1. The summed E-state index contributed by atoms with van der Waals surface area (Å²) < 4.78 is 5.10. The summed E-state index contributed by atoms with van der Waals surface area (Å²) in [4.78, 5) is 30.0. The van der Waals surface area contributed by atoms with Gasteiger partial charge in [0.25, 0.3) is 11.8 Å². The molecule has 0 radical (unpaired) electrons. The fourth-order valence-corrected chi connectivity index (χ4v) is 3.81. The van der Waals surface area contributed by atoms with Gasteiger partial charge in [-0.25, -0.2) is 0 Å². The molecule has 0 aliphatic carbocycles. The van der Waals surface area contributed by atoms with Crippen LogP contribution in [0.15, 0.2) is 65.3 Å². The summed E-state index contributed by atoms with van der Waals surface area (Å²) in [6.07, 6.45) is 1.42. The average Bonchev–Trinajstić information content (AvgIpc) is 3.36. The van der Waals surface area contributed by atoms with Crippen molar-refractivity contribution >= 4 is 23.2 Å². The minimum absolute atomic E-state index is 0.172. The molecular weight excluding hydrogens is 420 g/mol. The summed E-state index contributed by atoms with van der Waals surface area (Å²) in [7, 11) is 2.12. The van der Waals surface area contributed by atoms with Crippen molar-refractivity contribution < 1.29 is 19.2 Å². The molecule has 0 atom stereocenters. The van der Waals surface area contributed by atoms with Gasteiger partial charge in [-0.1, -0.05) is 18.2 Å². The number of furan rings is 1. The smallest absolute Gasteiger partial charge is 0.291 e. The number of rotatable bonds is 6. The normalized spacial score (nSPS) is 14.8. The number of carbonyl (C=O) groups excluding carboxylic acids is 2. The highest BCUT2D eigenvalue weighted by Crippen LogP contribution is 2.25. The number of nitrogens with one attached hydrogen (secondary N) is 1. The number of hydrogen-bond acceptors (Lipinski definition) is 6. The van der Waals surface area contributed by atoms with Crippen LogP contribution in [0.5, 0.6) is 0 Å². The van der Waals surface area contributed by atoms with Gasteiger partial charge in [-0.05, 0) is 61.5 Å². The number of aryl methyl sites for hydroxylation is 1. The first-order valence-corrected chi connectivity index (χ1v) is 10.9. The van der Waals surface area contributed by atoms with E-state index in [0.717, 1.165) is 38.3 Å². The molecule has 2 aromatic carbocycles. The largest absolute Gasteiger partial charge is 0.459 e. The van der Waals surface area contributed by atoms with Crippen molar-refractivity contribution in [2.45, 2.75) is 13.5 Å². The Balaban J connectivity index is 1.48. The molecule has 4 rings (SSSR count). The number of anilines is 2. The SMILES string of the molecule is Cc1ccc(NC(=O)c2ccco2)cc1N(O)C(=O)c1cccc(CN2CCN(C)CC2)c1. The van der Waals surface area contributed by atoms with Gasteiger partial charge < -0.3 is 14.6 Å². The lowest BCUT2D eigenvalue weighted by molar-refractivity contribution is 0.0854. The van der Waals surface area contributed by atoms with Crippen molar-refractivity contribution in [1.82, 2.24) is 9.80 Å². The molecule has 0 saturated carbocycles. The molecule has 1 saturated heterocycles. The molecule has 1 aliphatic heterocycles. The minimum atomic E-state index is -0.534. The van der Waals surface area contributed by atoms with Gasteiger partial charge in [0.1, 0.15) is 0 Å². The van der Waals surface area contributed by atoms with Crippen molar-refractivity contribution in [2.24, 2.45) is 0 Å². The van der Waals surface area contributed by atoms with E-state index in [2.05, 4.69) is 22.2 Å². The van der Waals surface area contributed by atoms with Gasteiger partial charge in [-0.15, -0.1) is 0 Å². The Labute approximate surface area is 193 Å². The third kappa shape index (κ3) is 5.48. The van der Waals surface area contributed by atoms with Crippen molar-refractivity contribution in [3.05, 3.63) is 83.3 Å². The lowest BCUT2D eigenvalue weighted by Gasteiger charge is -2.32. The second-order valence-electron chi connectivity index (χ2n) is 8.33. The standard InChI is InChI=1S/C25H28N4O4/c1-18-8-9-21(26-24(30)23-7-4-14-33-23)16-22(18)29(32)25(31)20-6-3-5-19(15-20)17-28-12-10-27(2)11-13-28/h3-9,14-16,32H,10-13,17H2,1-2H3,(H,26,30). The molecule has 1 fully saturated rings. The molecular formula is C25H28N4O4. The van der Waals surface area contributed by atoms with E-state index in [9.17, 15) is 14.8 Å². The minimum Gasteiger partial charge on any atom is -0.459 e. The number of hydroxylamine groups is 1. The maximum atomic E-state index is 13.1. The molecule has 172 valence electrons. The highest BCUT2D eigenvalue weighted by molar-refractivity contribution is 6.06. The Morgan fingerprint density at radius 3 is 2.58 bits per heavy atom. The van der Waals surface area contributed by atoms with E-state index in [1.165, 1.54) is 6.26 Å². The van der Waals surface area contributed by atoms with E-state index >= 15 is 0 Å². The number of nitrogens with zero attached hydrogens (tertiary/aromatic N) is 3. The van der Waals surface area contributed by atoms with Crippen LogP contribution in [0.4, 0.5) is 11.4 Å². The van der Waals surface area contributed by atoms with E-state index in [0.29, 0.717) is 27.6 Å². The molecule has 33 heavy (non-hydrogen) atoms. The Bertz CT molecular complexity index is 1120. The zero-order valence-electron chi connectivity index (χ0n) is 18.8. The van der Waals surface area contributed by atoms with Crippen molar-refractivity contribution in [1.29, 1.82) is 0 Å². The number of amides is 2. The number of benzene rings is 2. The third-order valence-electron chi connectivity index (χ3n) is 5.81. The van der Waals surface area contributed by atoms with Crippen LogP contribution in [-0.2, 0) is 6.54 Å². The summed E-state index contributed by atoms with van der Waals surface area (Å²) in [5, 5.41) is 14.1. The van der Waals surface area contributed by atoms with Crippen molar-refractivity contribution in [3.63, 3.8) is 0 Å². The van der Waals surface area contributed by atoms with Crippen molar-refractivity contribution in [2.75, 3.05) is 43.6 Å². The lowest BCUT2D eigenvalue weighted by atomic mass is 10.1. The molecule has 8 heteroatoms. The first kappa shape index (κ1) is 22.7. The maximum absolute atomic E-state index is 13.1. The molecule has 3 aromatic rings. The molecule has 0 spiro atoms.